The number of halogens is 1. The van der Waals surface area contributed by atoms with Crippen LogP contribution in [0.3, 0.4) is 0 Å². The number of rotatable bonds is 6. The monoisotopic (exact) mass is 451 g/mol. The van der Waals surface area contributed by atoms with Gasteiger partial charge in [0.1, 0.15) is 22.0 Å². The summed E-state index contributed by atoms with van der Waals surface area (Å²) in [5.74, 6) is -1.19. The highest BCUT2D eigenvalue weighted by Gasteiger charge is 2.25. The highest BCUT2D eigenvalue weighted by molar-refractivity contribution is 7.17. The molecule has 164 valence electrons. The van der Waals surface area contributed by atoms with Gasteiger partial charge in [-0.25, -0.2) is 14.2 Å². The summed E-state index contributed by atoms with van der Waals surface area (Å²) in [4.78, 5) is 31.0. The number of pyridine rings is 1. The predicted octanol–water partition coefficient (Wildman–Crippen LogP) is 5.18. The molecule has 6 nitrogen and oxygen atoms in total. The van der Waals surface area contributed by atoms with E-state index in [4.69, 9.17) is 4.74 Å². The zero-order valence-electron chi connectivity index (χ0n) is 17.9. The molecule has 4 aromatic rings. The summed E-state index contributed by atoms with van der Waals surface area (Å²) < 4.78 is 20.5. The Labute approximate surface area is 188 Å². The minimum atomic E-state index is -0.533. The van der Waals surface area contributed by atoms with Gasteiger partial charge in [0, 0.05) is 22.8 Å². The van der Waals surface area contributed by atoms with Gasteiger partial charge in [-0.2, -0.15) is 0 Å². The number of aryl methyl sites for hydroxylation is 2. The first-order chi connectivity index (χ1) is 15.4. The lowest BCUT2D eigenvalue weighted by atomic mass is 10.0. The maximum absolute atomic E-state index is 13.4. The number of anilines is 1. The maximum Gasteiger partial charge on any atom is 0.341 e. The minimum absolute atomic E-state index is 0.0617. The normalized spacial score (nSPS) is 11.0. The van der Waals surface area contributed by atoms with Crippen LogP contribution < -0.4 is 5.32 Å². The molecule has 0 bridgehead atoms. The lowest BCUT2D eigenvalue weighted by Crippen LogP contribution is -2.16. The summed E-state index contributed by atoms with van der Waals surface area (Å²) in [6.45, 7) is 5.73. The zero-order valence-corrected chi connectivity index (χ0v) is 18.8. The van der Waals surface area contributed by atoms with Crippen LogP contribution in [0.15, 0.2) is 48.8 Å². The van der Waals surface area contributed by atoms with E-state index in [2.05, 4.69) is 10.3 Å². The molecule has 0 atom stereocenters. The molecule has 0 aliphatic heterocycles. The van der Waals surface area contributed by atoms with E-state index in [0.29, 0.717) is 21.8 Å². The standard InChI is InChI=1S/C24H22FN3O3S/c1-4-31-24(30)21-20(16-7-9-17(25)10-8-16)15(3)32-23(21)27-19(29)12-18-13-28-11-5-6-14(2)22(28)26-18/h5-11,13H,4,12H2,1-3H3,(H,27,29). The fraction of sp³-hybridized carbons (Fsp3) is 0.208. The second-order valence-corrected chi connectivity index (χ2v) is 8.57. The highest BCUT2D eigenvalue weighted by atomic mass is 32.1. The van der Waals surface area contributed by atoms with E-state index in [9.17, 15) is 14.0 Å². The third kappa shape index (κ3) is 4.27. The summed E-state index contributed by atoms with van der Waals surface area (Å²) in [5, 5.41) is 3.26. The molecule has 1 aromatic carbocycles. The molecule has 0 fully saturated rings. The molecule has 4 rings (SSSR count). The van der Waals surface area contributed by atoms with E-state index in [1.807, 2.05) is 42.8 Å². The number of aromatic nitrogens is 2. The Morgan fingerprint density at radius 1 is 1.19 bits per heavy atom. The fourth-order valence-corrected chi connectivity index (χ4v) is 4.70. The Balaban J connectivity index is 1.65. The summed E-state index contributed by atoms with van der Waals surface area (Å²) in [5.41, 5.74) is 4.03. The van der Waals surface area contributed by atoms with Gasteiger partial charge in [-0.05, 0) is 50.1 Å². The predicted molar refractivity (Wildman–Crippen MR) is 123 cm³/mol. The minimum Gasteiger partial charge on any atom is -0.462 e. The van der Waals surface area contributed by atoms with Gasteiger partial charge in [-0.1, -0.05) is 18.2 Å². The average Bonchev–Trinajstić information content (AvgIpc) is 3.30. The largest absolute Gasteiger partial charge is 0.462 e. The van der Waals surface area contributed by atoms with Crippen molar-refractivity contribution in [1.29, 1.82) is 0 Å². The van der Waals surface area contributed by atoms with Crippen molar-refractivity contribution in [2.75, 3.05) is 11.9 Å². The van der Waals surface area contributed by atoms with Crippen molar-refractivity contribution in [3.05, 3.63) is 76.3 Å². The molecule has 0 spiro atoms. The number of hydrogen-bond donors (Lipinski definition) is 1. The molecule has 32 heavy (non-hydrogen) atoms. The van der Waals surface area contributed by atoms with E-state index in [0.717, 1.165) is 16.1 Å². The number of ether oxygens (including phenoxy) is 1. The maximum atomic E-state index is 13.4. The summed E-state index contributed by atoms with van der Waals surface area (Å²) in [6.07, 6.45) is 3.76. The first-order valence-electron chi connectivity index (χ1n) is 10.2. The van der Waals surface area contributed by atoms with Gasteiger partial charge in [0.2, 0.25) is 5.91 Å². The lowest BCUT2D eigenvalue weighted by Gasteiger charge is -2.09. The van der Waals surface area contributed by atoms with Crippen LogP contribution in [0, 0.1) is 19.7 Å². The van der Waals surface area contributed by atoms with Crippen molar-refractivity contribution in [2.45, 2.75) is 27.2 Å². The van der Waals surface area contributed by atoms with Crippen molar-refractivity contribution in [3.63, 3.8) is 0 Å². The fourth-order valence-electron chi connectivity index (χ4n) is 3.62. The Kier molecular flexibility index (Phi) is 6.05. The Morgan fingerprint density at radius 3 is 2.62 bits per heavy atom. The molecule has 0 radical (unpaired) electrons. The number of esters is 1. The quantitative estimate of drug-likeness (QED) is 0.410. The van der Waals surface area contributed by atoms with Gasteiger partial charge < -0.3 is 14.5 Å². The van der Waals surface area contributed by atoms with E-state index in [1.165, 1.54) is 23.5 Å². The third-order valence-electron chi connectivity index (χ3n) is 5.02. The van der Waals surface area contributed by atoms with Crippen LogP contribution in [0.25, 0.3) is 16.8 Å². The van der Waals surface area contributed by atoms with Gasteiger partial charge >= 0.3 is 5.97 Å². The molecule has 8 heteroatoms. The smallest absolute Gasteiger partial charge is 0.341 e. The molecule has 3 heterocycles. The average molecular weight is 452 g/mol. The molecule has 1 N–H and O–H groups in total. The van der Waals surface area contributed by atoms with Crippen molar-refractivity contribution in [2.24, 2.45) is 0 Å². The van der Waals surface area contributed by atoms with Crippen LogP contribution in [0.1, 0.15) is 33.4 Å². The number of thiophene rings is 1. The highest BCUT2D eigenvalue weighted by Crippen LogP contribution is 2.40. The number of hydrogen-bond acceptors (Lipinski definition) is 5. The number of carbonyl (C=O) groups is 2. The van der Waals surface area contributed by atoms with Crippen LogP contribution in [-0.4, -0.2) is 27.9 Å². The second-order valence-electron chi connectivity index (χ2n) is 7.34. The first kappa shape index (κ1) is 21.7. The third-order valence-corrected chi connectivity index (χ3v) is 6.04. The topological polar surface area (TPSA) is 72.7 Å². The molecule has 0 aliphatic carbocycles. The molecule has 0 saturated carbocycles. The lowest BCUT2D eigenvalue weighted by molar-refractivity contribution is -0.115. The Morgan fingerprint density at radius 2 is 1.94 bits per heavy atom. The zero-order chi connectivity index (χ0) is 22.8. The van der Waals surface area contributed by atoms with E-state index in [-0.39, 0.29) is 30.3 Å². The second kappa shape index (κ2) is 8.92. The van der Waals surface area contributed by atoms with E-state index >= 15 is 0 Å². The Hall–Kier alpha value is -3.52. The SMILES string of the molecule is CCOC(=O)c1c(NC(=O)Cc2cn3cccc(C)c3n2)sc(C)c1-c1ccc(F)cc1. The molecular weight excluding hydrogens is 429 g/mol. The molecule has 0 saturated heterocycles. The van der Waals surface area contributed by atoms with Crippen LogP contribution in [0.2, 0.25) is 0 Å². The molecular formula is C24H22FN3O3S. The molecule has 1 amide bonds. The van der Waals surface area contributed by atoms with Crippen molar-refractivity contribution in [1.82, 2.24) is 9.38 Å². The summed E-state index contributed by atoms with van der Waals surface area (Å²) in [6, 6.07) is 9.78. The van der Waals surface area contributed by atoms with E-state index in [1.54, 1.807) is 19.1 Å². The number of imidazole rings is 1. The summed E-state index contributed by atoms with van der Waals surface area (Å²) in [7, 11) is 0. The van der Waals surface area contributed by atoms with Gasteiger partial charge in [-0.3, -0.25) is 4.79 Å². The van der Waals surface area contributed by atoms with Crippen molar-refractivity contribution in [3.8, 4) is 11.1 Å². The summed E-state index contributed by atoms with van der Waals surface area (Å²) >= 11 is 1.29. The van der Waals surface area contributed by atoms with Crippen molar-refractivity contribution >= 4 is 33.9 Å². The Bertz CT molecular complexity index is 1310. The first-order valence-corrected chi connectivity index (χ1v) is 11.0. The molecule has 3 aromatic heterocycles. The number of fused-ring (bicyclic) bond motifs is 1. The van der Waals surface area contributed by atoms with Crippen LogP contribution in [-0.2, 0) is 16.0 Å². The number of amides is 1. The van der Waals surface area contributed by atoms with Crippen molar-refractivity contribution < 1.29 is 18.7 Å². The molecule has 0 aliphatic rings. The van der Waals surface area contributed by atoms with E-state index < -0.39 is 5.97 Å². The number of nitrogens with zero attached hydrogens (tertiary/aromatic N) is 2. The number of nitrogens with one attached hydrogen (secondary N) is 1. The van der Waals surface area contributed by atoms with Crippen LogP contribution >= 0.6 is 11.3 Å². The molecule has 0 unspecified atom stereocenters. The van der Waals surface area contributed by atoms with Gasteiger partial charge in [0.25, 0.3) is 0 Å². The van der Waals surface area contributed by atoms with Crippen LogP contribution in [0.5, 0.6) is 0 Å². The number of benzene rings is 1. The van der Waals surface area contributed by atoms with Gasteiger partial charge in [0.15, 0.2) is 0 Å². The van der Waals surface area contributed by atoms with Gasteiger partial charge in [0.05, 0.1) is 18.7 Å². The van der Waals surface area contributed by atoms with Crippen LogP contribution in [0.4, 0.5) is 9.39 Å². The number of carbonyl (C=O) groups excluding carboxylic acids is 2. The van der Waals surface area contributed by atoms with Gasteiger partial charge in [-0.15, -0.1) is 11.3 Å².